The topological polar surface area (TPSA) is 54.1 Å². The van der Waals surface area contributed by atoms with Crippen LogP contribution in [0, 0.1) is 0 Å². The van der Waals surface area contributed by atoms with E-state index in [0.717, 1.165) is 40.6 Å². The molecular formula is C28H30N2O2. The summed E-state index contributed by atoms with van der Waals surface area (Å²) in [6.07, 6.45) is 4.27. The smallest absolute Gasteiger partial charge is 0.221 e. The third-order valence-corrected chi connectivity index (χ3v) is 6.00. The number of benzene rings is 3. The monoisotopic (exact) mass is 426 g/mol. The first-order chi connectivity index (χ1) is 15.6. The number of hydrogen-bond acceptors (Lipinski definition) is 2. The molecule has 4 aromatic rings. The molecule has 0 aliphatic rings. The summed E-state index contributed by atoms with van der Waals surface area (Å²) in [6, 6.07) is 26.7. The van der Waals surface area contributed by atoms with Gasteiger partial charge in [0.2, 0.25) is 5.91 Å². The molecule has 2 N–H and O–H groups in total. The number of rotatable bonds is 9. The molecule has 0 fully saturated rings. The quantitative estimate of drug-likeness (QED) is 0.353. The van der Waals surface area contributed by atoms with Crippen molar-refractivity contribution in [2.75, 3.05) is 7.11 Å². The minimum absolute atomic E-state index is 0.0589. The number of amides is 1. The summed E-state index contributed by atoms with van der Waals surface area (Å²) in [5.74, 6) is 0.787. The van der Waals surface area contributed by atoms with Gasteiger partial charge in [-0.1, -0.05) is 60.7 Å². The van der Waals surface area contributed by atoms with Crippen molar-refractivity contribution in [1.82, 2.24) is 10.3 Å². The fourth-order valence-corrected chi connectivity index (χ4v) is 4.27. The van der Waals surface area contributed by atoms with E-state index in [4.69, 9.17) is 4.74 Å². The number of nitrogens with one attached hydrogen (secondary N) is 2. The predicted molar refractivity (Wildman–Crippen MR) is 130 cm³/mol. The van der Waals surface area contributed by atoms with E-state index in [9.17, 15) is 4.79 Å². The summed E-state index contributed by atoms with van der Waals surface area (Å²) in [5.41, 5.74) is 4.57. The number of aryl methyl sites for hydroxylation is 1. The summed E-state index contributed by atoms with van der Waals surface area (Å²) < 4.78 is 5.45. The van der Waals surface area contributed by atoms with Crippen molar-refractivity contribution in [3.8, 4) is 5.75 Å². The lowest BCUT2D eigenvalue weighted by Gasteiger charge is -2.20. The first kappa shape index (κ1) is 21.7. The lowest BCUT2D eigenvalue weighted by atomic mass is 9.87. The zero-order chi connectivity index (χ0) is 22.3. The number of methoxy groups -OCH3 is 1. The molecule has 0 saturated carbocycles. The van der Waals surface area contributed by atoms with Crippen molar-refractivity contribution < 1.29 is 9.53 Å². The molecule has 1 heterocycles. The van der Waals surface area contributed by atoms with Crippen molar-refractivity contribution in [1.29, 1.82) is 0 Å². The Labute approximate surface area is 189 Å². The van der Waals surface area contributed by atoms with E-state index < -0.39 is 0 Å². The van der Waals surface area contributed by atoms with Crippen molar-refractivity contribution in [3.05, 3.63) is 102 Å². The Morgan fingerprint density at radius 3 is 2.59 bits per heavy atom. The molecule has 164 valence electrons. The number of aromatic amines is 1. The second-order valence-corrected chi connectivity index (χ2v) is 8.32. The molecule has 0 spiro atoms. The molecule has 3 aromatic carbocycles. The largest absolute Gasteiger partial charge is 0.497 e. The molecule has 2 atom stereocenters. The van der Waals surface area contributed by atoms with E-state index in [1.165, 1.54) is 5.56 Å². The average Bonchev–Trinajstić information content (AvgIpc) is 3.26. The third-order valence-electron chi connectivity index (χ3n) is 6.00. The standard InChI is InChI=1S/C28H30N2O2/c1-20(15-16-21-9-4-3-5-10-21)30-28(31)18-25(22-11-8-12-23(17-22)32-2)26-19-29-27-14-7-6-13-24(26)27/h3-14,17,19-20,25,29H,15-16,18H2,1-2H3,(H,30,31). The third kappa shape index (κ3) is 5.20. The SMILES string of the molecule is COc1cccc(C(CC(=O)NC(C)CCc2ccccc2)c2c[nH]c3ccccc23)c1. The Morgan fingerprint density at radius 2 is 1.78 bits per heavy atom. The van der Waals surface area contributed by atoms with Crippen LogP contribution in [0.4, 0.5) is 0 Å². The van der Waals surface area contributed by atoms with Gasteiger partial charge in [-0.3, -0.25) is 4.79 Å². The van der Waals surface area contributed by atoms with Crippen molar-refractivity contribution in [2.24, 2.45) is 0 Å². The van der Waals surface area contributed by atoms with Gasteiger partial charge in [0.25, 0.3) is 0 Å². The molecule has 1 aromatic heterocycles. The van der Waals surface area contributed by atoms with Gasteiger partial charge in [-0.05, 0) is 54.7 Å². The van der Waals surface area contributed by atoms with E-state index in [-0.39, 0.29) is 17.9 Å². The highest BCUT2D eigenvalue weighted by atomic mass is 16.5. The number of hydrogen-bond donors (Lipinski definition) is 2. The molecule has 2 unspecified atom stereocenters. The minimum Gasteiger partial charge on any atom is -0.497 e. The van der Waals surface area contributed by atoms with E-state index in [0.29, 0.717) is 6.42 Å². The maximum atomic E-state index is 13.1. The van der Waals surface area contributed by atoms with Crippen molar-refractivity contribution in [2.45, 2.75) is 38.1 Å². The van der Waals surface area contributed by atoms with Crippen LogP contribution in [-0.2, 0) is 11.2 Å². The summed E-state index contributed by atoms with van der Waals surface area (Å²) in [7, 11) is 1.67. The van der Waals surface area contributed by atoms with E-state index >= 15 is 0 Å². The minimum atomic E-state index is -0.0671. The van der Waals surface area contributed by atoms with Crippen LogP contribution in [0.1, 0.15) is 42.4 Å². The van der Waals surface area contributed by atoms with Crippen LogP contribution in [0.5, 0.6) is 5.75 Å². The molecule has 0 saturated heterocycles. The number of fused-ring (bicyclic) bond motifs is 1. The maximum absolute atomic E-state index is 13.1. The van der Waals surface area contributed by atoms with Gasteiger partial charge in [-0.25, -0.2) is 0 Å². The predicted octanol–water partition coefficient (Wildman–Crippen LogP) is 5.84. The first-order valence-electron chi connectivity index (χ1n) is 11.2. The lowest BCUT2D eigenvalue weighted by Crippen LogP contribution is -2.33. The Bertz CT molecular complexity index is 1170. The molecule has 4 rings (SSSR count). The molecule has 0 bridgehead atoms. The summed E-state index contributed by atoms with van der Waals surface area (Å²) in [4.78, 5) is 16.4. The molecular weight excluding hydrogens is 396 g/mol. The average molecular weight is 427 g/mol. The first-order valence-corrected chi connectivity index (χ1v) is 11.2. The molecule has 4 heteroatoms. The highest BCUT2D eigenvalue weighted by molar-refractivity contribution is 5.86. The molecule has 0 radical (unpaired) electrons. The number of aromatic nitrogens is 1. The lowest BCUT2D eigenvalue weighted by molar-refractivity contribution is -0.121. The number of H-pyrrole nitrogens is 1. The Hall–Kier alpha value is -3.53. The van der Waals surface area contributed by atoms with Crippen molar-refractivity contribution in [3.63, 3.8) is 0 Å². The summed E-state index contributed by atoms with van der Waals surface area (Å²) in [6.45, 7) is 2.08. The number of carbonyl (C=O) groups excluding carboxylic acids is 1. The van der Waals surface area contributed by atoms with Crippen molar-refractivity contribution >= 4 is 16.8 Å². The number of ether oxygens (including phenoxy) is 1. The van der Waals surface area contributed by atoms with Crippen LogP contribution < -0.4 is 10.1 Å². The molecule has 4 nitrogen and oxygen atoms in total. The molecule has 32 heavy (non-hydrogen) atoms. The zero-order valence-corrected chi connectivity index (χ0v) is 18.7. The van der Waals surface area contributed by atoms with Crippen LogP contribution in [0.25, 0.3) is 10.9 Å². The van der Waals surface area contributed by atoms with Gasteiger partial charge in [-0.15, -0.1) is 0 Å². The zero-order valence-electron chi connectivity index (χ0n) is 18.7. The van der Waals surface area contributed by atoms with Gasteiger partial charge in [-0.2, -0.15) is 0 Å². The Morgan fingerprint density at radius 1 is 1.00 bits per heavy atom. The van der Waals surface area contributed by atoms with Gasteiger partial charge in [0, 0.05) is 35.5 Å². The fourth-order valence-electron chi connectivity index (χ4n) is 4.27. The summed E-state index contributed by atoms with van der Waals surface area (Å²) in [5, 5.41) is 4.35. The van der Waals surface area contributed by atoms with Gasteiger partial charge >= 0.3 is 0 Å². The van der Waals surface area contributed by atoms with E-state index in [1.807, 2.05) is 42.6 Å². The summed E-state index contributed by atoms with van der Waals surface area (Å²) >= 11 is 0. The van der Waals surface area contributed by atoms with Crippen LogP contribution in [0.3, 0.4) is 0 Å². The van der Waals surface area contributed by atoms with Gasteiger partial charge in [0.1, 0.15) is 5.75 Å². The number of carbonyl (C=O) groups is 1. The van der Waals surface area contributed by atoms with E-state index in [2.05, 4.69) is 59.7 Å². The van der Waals surface area contributed by atoms with Crippen LogP contribution in [0.15, 0.2) is 85.1 Å². The highest BCUT2D eigenvalue weighted by Crippen LogP contribution is 2.34. The molecule has 1 amide bonds. The van der Waals surface area contributed by atoms with Gasteiger partial charge < -0.3 is 15.0 Å². The van der Waals surface area contributed by atoms with Crippen LogP contribution in [-0.4, -0.2) is 24.0 Å². The normalized spacial score (nSPS) is 12.9. The van der Waals surface area contributed by atoms with Gasteiger partial charge in [0.15, 0.2) is 0 Å². The highest BCUT2D eigenvalue weighted by Gasteiger charge is 2.22. The van der Waals surface area contributed by atoms with Crippen LogP contribution in [0.2, 0.25) is 0 Å². The number of para-hydroxylation sites is 1. The van der Waals surface area contributed by atoms with Gasteiger partial charge in [0.05, 0.1) is 7.11 Å². The van der Waals surface area contributed by atoms with E-state index in [1.54, 1.807) is 7.11 Å². The molecule has 0 aliphatic carbocycles. The van der Waals surface area contributed by atoms with Crippen LogP contribution >= 0.6 is 0 Å². The maximum Gasteiger partial charge on any atom is 0.221 e. The fraction of sp³-hybridized carbons (Fsp3) is 0.250. The second-order valence-electron chi connectivity index (χ2n) is 8.32. The Balaban J connectivity index is 1.51. The molecule has 0 aliphatic heterocycles. The second kappa shape index (κ2) is 10.2. The Kier molecular flexibility index (Phi) is 6.90.